The summed E-state index contributed by atoms with van der Waals surface area (Å²) in [5.74, 6) is 0.666. The molecule has 19 heteroatoms. The molecule has 0 aliphatic carbocycles. The first-order valence-corrected chi connectivity index (χ1v) is 24.6. The lowest BCUT2D eigenvalue weighted by Gasteiger charge is -2.35. The molecule has 0 bridgehead atoms. The molecule has 2 aliphatic rings. The van der Waals surface area contributed by atoms with E-state index in [2.05, 4.69) is 36.4 Å². The van der Waals surface area contributed by atoms with Crippen LogP contribution >= 0.6 is 45.9 Å². The molecule has 0 spiro atoms. The van der Waals surface area contributed by atoms with Gasteiger partial charge in [-0.05, 0) is 74.2 Å². The highest BCUT2D eigenvalue weighted by atomic mass is 35.5. The van der Waals surface area contributed by atoms with Crippen LogP contribution in [0.5, 0.6) is 0 Å². The lowest BCUT2D eigenvalue weighted by atomic mass is 9.80. The number of nitrogens with zero attached hydrogens (tertiary/aromatic N) is 6. The average Bonchev–Trinajstić information content (AvgIpc) is 4.24. The molecule has 0 saturated carbocycles. The zero-order valence-corrected chi connectivity index (χ0v) is 40.8. The summed E-state index contributed by atoms with van der Waals surface area (Å²) in [6.45, 7) is 7.34. The maximum Gasteiger partial charge on any atom is 0.335 e. The molecule has 69 heavy (non-hydrogen) atoms. The van der Waals surface area contributed by atoms with Crippen molar-refractivity contribution >= 4 is 57.8 Å². The minimum atomic E-state index is -0.975. The zero-order chi connectivity index (χ0) is 48.4. The van der Waals surface area contributed by atoms with Crippen molar-refractivity contribution in [3.63, 3.8) is 0 Å². The number of aromatic nitrogens is 6. The number of hydrogen-bond donors (Lipinski definition) is 3. The Morgan fingerprint density at radius 1 is 0.638 bits per heavy atom. The van der Waals surface area contributed by atoms with Gasteiger partial charge in [0.1, 0.15) is 10.0 Å². The summed E-state index contributed by atoms with van der Waals surface area (Å²) < 4.78 is 21.0. The number of halogens is 2. The fourth-order valence-corrected chi connectivity index (χ4v) is 10.3. The normalized spacial score (nSPS) is 15.0. The van der Waals surface area contributed by atoms with Gasteiger partial charge in [-0.1, -0.05) is 82.0 Å². The van der Waals surface area contributed by atoms with Gasteiger partial charge in [-0.15, -0.1) is 22.7 Å². The maximum atomic E-state index is 13.1. The Hall–Kier alpha value is -6.18. The van der Waals surface area contributed by atoms with Gasteiger partial charge in [0.2, 0.25) is 23.4 Å². The first kappa shape index (κ1) is 49.2. The second-order valence-corrected chi connectivity index (χ2v) is 19.1. The van der Waals surface area contributed by atoms with Crippen molar-refractivity contribution in [2.75, 3.05) is 39.5 Å². The molecule has 1 amide bonds. The van der Waals surface area contributed by atoms with Crippen molar-refractivity contribution in [3.8, 4) is 45.3 Å². The van der Waals surface area contributed by atoms with Gasteiger partial charge < -0.3 is 34.7 Å². The van der Waals surface area contributed by atoms with E-state index in [0.29, 0.717) is 65.9 Å². The predicted octanol–water partition coefficient (Wildman–Crippen LogP) is 10.5. The zero-order valence-electron chi connectivity index (χ0n) is 37.7. The highest BCUT2D eigenvalue weighted by Crippen LogP contribution is 2.39. The van der Waals surface area contributed by atoms with Crippen LogP contribution in [0.3, 0.4) is 0 Å². The summed E-state index contributed by atoms with van der Waals surface area (Å²) in [6.07, 6.45) is 3.50. The number of nitrogens with two attached hydrogens (primary N) is 1. The number of carbonyl (C=O) groups excluding carboxylic acids is 1. The fourth-order valence-electron chi connectivity index (χ4n) is 7.81. The third kappa shape index (κ3) is 12.2. The largest absolute Gasteiger partial charge is 0.478 e. The van der Waals surface area contributed by atoms with Crippen LogP contribution in [0.1, 0.15) is 68.2 Å². The second-order valence-electron chi connectivity index (χ2n) is 16.5. The summed E-state index contributed by atoms with van der Waals surface area (Å²) >= 11 is 15.3. The molecule has 6 heterocycles. The number of thiazole rings is 2. The molecular formula is C50H48Cl2N8O7S2. The molecule has 15 nitrogen and oxygen atoms in total. The molecule has 4 N–H and O–H groups in total. The van der Waals surface area contributed by atoms with E-state index in [1.165, 1.54) is 12.1 Å². The second kappa shape index (κ2) is 22.5. The summed E-state index contributed by atoms with van der Waals surface area (Å²) in [7, 11) is 0. The van der Waals surface area contributed by atoms with E-state index in [0.717, 1.165) is 82.0 Å². The number of carboxylic acids is 1. The maximum absolute atomic E-state index is 13.1. The molecule has 356 valence electrons. The number of aromatic carboxylic acids is 1. The molecule has 4 aromatic heterocycles. The Morgan fingerprint density at radius 2 is 1.09 bits per heavy atom. The average molecular weight is 1010 g/mol. The van der Waals surface area contributed by atoms with Gasteiger partial charge >= 0.3 is 5.97 Å². The van der Waals surface area contributed by atoms with Crippen molar-refractivity contribution in [2.45, 2.75) is 50.4 Å². The quantitative estimate of drug-likeness (QED) is 0.110. The van der Waals surface area contributed by atoms with Crippen LogP contribution in [0.15, 0.2) is 117 Å². The Bertz CT molecular complexity index is 2980. The Balaban J connectivity index is 0.000000155. The predicted molar refractivity (Wildman–Crippen MR) is 266 cm³/mol. The fraction of sp³-hybridized carbons (Fsp3) is 0.280. The summed E-state index contributed by atoms with van der Waals surface area (Å²) in [5, 5.41) is 27.3. The van der Waals surface area contributed by atoms with Gasteiger partial charge in [0.25, 0.3) is 5.91 Å². The van der Waals surface area contributed by atoms with Gasteiger partial charge in [0, 0.05) is 113 Å². The number of ether oxygens (including phenoxy) is 2. The number of aryl methyl sites for hydroxylation is 2. The number of benzene rings is 4. The van der Waals surface area contributed by atoms with E-state index in [9.17, 15) is 9.59 Å². The molecule has 8 aromatic rings. The molecule has 10 rings (SSSR count). The van der Waals surface area contributed by atoms with E-state index >= 15 is 0 Å². The SMILES string of the molecule is Cc1nc(-c2cccc(C(=O)NCC3(c4nc(-c5ccc(Cl)cc5)cs4)CCOCC3)c2)no1.Cc1nc(-c2cccc(C(=O)O)c2)no1.NCC1(c2nc(-c3ccc(Cl)cc3)cs2)CCOCC1. The number of rotatable bonds is 11. The van der Waals surface area contributed by atoms with Crippen molar-refractivity contribution in [1.82, 2.24) is 35.6 Å². The van der Waals surface area contributed by atoms with Crippen LogP contribution in [0.4, 0.5) is 0 Å². The van der Waals surface area contributed by atoms with E-state index in [-0.39, 0.29) is 22.3 Å². The lowest BCUT2D eigenvalue weighted by Crippen LogP contribution is -2.44. The highest BCUT2D eigenvalue weighted by molar-refractivity contribution is 7.10. The number of hydrogen-bond acceptors (Lipinski definition) is 15. The van der Waals surface area contributed by atoms with Crippen LogP contribution in [0.25, 0.3) is 45.3 Å². The van der Waals surface area contributed by atoms with Crippen molar-refractivity contribution in [3.05, 3.63) is 151 Å². The van der Waals surface area contributed by atoms with Gasteiger partial charge in [0.15, 0.2) is 0 Å². The van der Waals surface area contributed by atoms with E-state index < -0.39 is 5.97 Å². The monoisotopic (exact) mass is 1010 g/mol. The third-order valence-corrected chi connectivity index (χ3v) is 14.6. The topological polar surface area (TPSA) is 214 Å². The first-order valence-electron chi connectivity index (χ1n) is 22.0. The van der Waals surface area contributed by atoms with Crippen LogP contribution in [-0.4, -0.2) is 86.7 Å². The number of amides is 1. The van der Waals surface area contributed by atoms with Gasteiger partial charge in [0.05, 0.1) is 17.0 Å². The molecule has 4 aromatic carbocycles. The van der Waals surface area contributed by atoms with Crippen molar-refractivity contribution in [2.24, 2.45) is 5.73 Å². The molecular weight excluding hydrogens is 960 g/mol. The van der Waals surface area contributed by atoms with Crippen molar-refractivity contribution < 1.29 is 33.2 Å². The number of nitrogens with one attached hydrogen (secondary N) is 1. The highest BCUT2D eigenvalue weighted by Gasteiger charge is 2.38. The summed E-state index contributed by atoms with van der Waals surface area (Å²) in [6, 6.07) is 29.1. The Labute approximate surface area is 416 Å². The van der Waals surface area contributed by atoms with E-state index in [1.54, 1.807) is 60.8 Å². The Kier molecular flexibility index (Phi) is 16.1. The number of carbonyl (C=O) groups is 2. The minimum absolute atomic E-state index is 0.00636. The van der Waals surface area contributed by atoms with Gasteiger partial charge in [-0.2, -0.15) is 9.97 Å². The Morgan fingerprint density at radius 3 is 1.54 bits per heavy atom. The molecule has 2 aliphatic heterocycles. The lowest BCUT2D eigenvalue weighted by molar-refractivity contribution is 0.0486. The van der Waals surface area contributed by atoms with Crippen LogP contribution in [0, 0.1) is 13.8 Å². The summed E-state index contributed by atoms with van der Waals surface area (Å²) in [5.41, 5.74) is 11.9. The van der Waals surface area contributed by atoms with E-state index in [4.69, 9.17) is 62.5 Å². The summed E-state index contributed by atoms with van der Waals surface area (Å²) in [4.78, 5) is 41.8. The van der Waals surface area contributed by atoms with Crippen LogP contribution in [0.2, 0.25) is 10.0 Å². The molecule has 0 radical (unpaired) electrons. The molecule has 2 fully saturated rings. The molecule has 2 saturated heterocycles. The smallest absolute Gasteiger partial charge is 0.335 e. The van der Waals surface area contributed by atoms with Crippen LogP contribution < -0.4 is 11.1 Å². The first-order chi connectivity index (χ1) is 33.4. The van der Waals surface area contributed by atoms with Crippen molar-refractivity contribution in [1.29, 1.82) is 0 Å². The van der Waals surface area contributed by atoms with E-state index in [1.807, 2.05) is 60.7 Å². The minimum Gasteiger partial charge on any atom is -0.478 e. The van der Waals surface area contributed by atoms with Gasteiger partial charge in [-0.3, -0.25) is 4.79 Å². The third-order valence-electron chi connectivity index (χ3n) is 11.9. The molecule has 0 atom stereocenters. The van der Waals surface area contributed by atoms with Gasteiger partial charge in [-0.25, -0.2) is 14.8 Å². The number of carboxylic acid groups (broad SMARTS) is 1. The molecule has 0 unspecified atom stereocenters. The van der Waals surface area contributed by atoms with Crippen LogP contribution in [-0.2, 0) is 20.3 Å². The standard InChI is InChI=1S/C25H23ClN4O3S.C15H17ClN2OS.C10H8N2O3/c1-16-28-22(30-33-16)18-3-2-4-19(13-18)23(31)27-15-25(9-11-32-12-10-25)24-29-21(14-34-24)17-5-7-20(26)8-6-17;16-12-3-1-11(2-4-12)13-9-20-14(18-13)15(10-17)5-7-19-8-6-15;1-6-11-9(12-15-6)7-3-2-4-8(5-7)10(13)14/h2-8,13-14H,9-12,15H2,1H3,(H,27,31);1-4,9H,5-8,10,17H2;2-5H,1H3,(H,13,14).